The number of anilines is 2. The topological polar surface area (TPSA) is 207 Å². The van der Waals surface area contributed by atoms with E-state index in [9.17, 15) is 20.4 Å². The van der Waals surface area contributed by atoms with Crippen LogP contribution >= 0.6 is 0 Å². The zero-order valence-corrected chi connectivity index (χ0v) is 26.6. The summed E-state index contributed by atoms with van der Waals surface area (Å²) in [5.41, 5.74) is 1.92. The third kappa shape index (κ3) is 5.21. The molecule has 1 aliphatic heterocycles. The van der Waals surface area contributed by atoms with E-state index in [-0.39, 0.29) is 57.1 Å². The van der Waals surface area contributed by atoms with Crippen molar-refractivity contribution in [3.63, 3.8) is 0 Å². The van der Waals surface area contributed by atoms with Crippen LogP contribution in [0.2, 0.25) is 0 Å². The van der Waals surface area contributed by atoms with Gasteiger partial charge < -0.3 is 60.4 Å². The summed E-state index contributed by atoms with van der Waals surface area (Å²) in [6, 6.07) is -1.40. The van der Waals surface area contributed by atoms with Gasteiger partial charge >= 0.3 is 0 Å². The first-order valence-electron chi connectivity index (χ1n) is 14.7. The Labute approximate surface area is 273 Å². The summed E-state index contributed by atoms with van der Waals surface area (Å²) in [6.07, 6.45) is 3.93. The second-order valence-corrected chi connectivity index (χ2v) is 11.4. The minimum absolute atomic E-state index is 0. The smallest absolute Gasteiger partial charge is 0.165 e. The molecule has 2 aliphatic carbocycles. The van der Waals surface area contributed by atoms with Crippen LogP contribution in [0.5, 0.6) is 0 Å². The van der Waals surface area contributed by atoms with Gasteiger partial charge in [0.2, 0.25) is 0 Å². The molecule has 0 aromatic carbocycles. The van der Waals surface area contributed by atoms with Crippen LogP contribution in [0.15, 0.2) is 19.0 Å². The van der Waals surface area contributed by atoms with E-state index >= 15 is 0 Å². The standard InChI is InChI=1S/C26H35N12O4.Y/c1-27-13-5-16(21(41)19(13)39)37-10-32-15-7-29-26(35-24(15)37)36-4-3-12(8-36)34-23-18-25(31-9-30-23)38(11-33-18)17-6-14(28-2)20(40)22(17)42;/h9-14,16-17,19-22,27-28,39-42H,3-6,8H2,1-2H3,(H,30,31,34);/q-1;/t12-,13+,14+,16-,17-,19-,20-,21+,22+;/m1./s1/i9T;. The predicted molar refractivity (Wildman–Crippen MR) is 151 cm³/mol. The summed E-state index contributed by atoms with van der Waals surface area (Å²) in [5, 5.41) is 51.7. The van der Waals surface area contributed by atoms with Crippen LogP contribution in [0.25, 0.3) is 22.3 Å². The van der Waals surface area contributed by atoms with Gasteiger partial charge in [-0.2, -0.15) is 0 Å². The zero-order chi connectivity index (χ0) is 30.0. The van der Waals surface area contributed by atoms with Gasteiger partial charge in [-0.1, -0.05) is 0 Å². The maximum atomic E-state index is 10.7. The number of hydrogen-bond acceptors (Lipinski definition) is 14. The first-order valence-corrected chi connectivity index (χ1v) is 14.2. The molecule has 3 fully saturated rings. The van der Waals surface area contributed by atoms with Gasteiger partial charge in [-0.05, 0) is 39.6 Å². The number of imidazole rings is 2. The van der Waals surface area contributed by atoms with Crippen molar-refractivity contribution in [2.75, 3.05) is 37.4 Å². The monoisotopic (exact) mass is 670 g/mol. The van der Waals surface area contributed by atoms with E-state index in [0.29, 0.717) is 60.0 Å². The summed E-state index contributed by atoms with van der Waals surface area (Å²) >= 11 is 0. The number of nitrogens with one attached hydrogen (secondary N) is 3. The second kappa shape index (κ2) is 12.2. The molecule has 1 saturated heterocycles. The van der Waals surface area contributed by atoms with E-state index in [2.05, 4.69) is 47.1 Å². The van der Waals surface area contributed by atoms with Crippen LogP contribution < -0.4 is 20.9 Å². The van der Waals surface area contributed by atoms with E-state index in [4.69, 9.17) is 6.35 Å². The Morgan fingerprint density at radius 3 is 2.19 bits per heavy atom. The molecule has 227 valence electrons. The molecule has 4 aromatic heterocycles. The van der Waals surface area contributed by atoms with Gasteiger partial charge in [-0.15, -0.1) is 0 Å². The van der Waals surface area contributed by atoms with Gasteiger partial charge in [0.1, 0.15) is 31.3 Å². The quantitative estimate of drug-likeness (QED) is 0.106. The SMILES string of the molecule is [3H]c1nc(N[C@@H]2CCN(c3n[c-]c4ncn([C@@H]5C[C@H](NC)[C@@H](O)[C@H]5O)c4n3)C2)c2ncn([C@@H]3C[C@H](NC)[C@@H](O)[C@H]3O)c2n1.[Y]. The molecule has 5 heterocycles. The molecule has 2 saturated carbocycles. The fourth-order valence-corrected chi connectivity index (χ4v) is 6.70. The second-order valence-electron chi connectivity index (χ2n) is 11.4. The molecule has 4 aromatic rings. The number of likely N-dealkylation sites (N-methyl/N-ethyl adjacent to an activating group) is 2. The van der Waals surface area contributed by atoms with Crippen LogP contribution in [-0.4, -0.2) is 129 Å². The Balaban J connectivity index is 0.00000343. The largest absolute Gasteiger partial charge is 0.392 e. The number of rotatable bonds is 7. The first kappa shape index (κ1) is 29.3. The average molecular weight is 671 g/mol. The minimum Gasteiger partial charge on any atom is -0.392 e. The Bertz CT molecular complexity index is 1640. The minimum atomic E-state index is -1.00. The van der Waals surface area contributed by atoms with Gasteiger partial charge in [0.05, 0.1) is 36.9 Å². The molecule has 43 heavy (non-hydrogen) atoms. The number of nitrogens with zero attached hydrogens (tertiary/aromatic N) is 9. The maximum Gasteiger partial charge on any atom is 0.165 e. The van der Waals surface area contributed by atoms with E-state index in [1.165, 1.54) is 0 Å². The Hall–Kier alpha value is -2.44. The van der Waals surface area contributed by atoms with Crippen molar-refractivity contribution in [3.8, 4) is 0 Å². The van der Waals surface area contributed by atoms with Gasteiger partial charge in [0, 0.05) is 75.1 Å². The Kier molecular flexibility index (Phi) is 8.28. The molecule has 1 radical (unpaired) electrons. The summed E-state index contributed by atoms with van der Waals surface area (Å²) in [5.74, 6) is 0.899. The van der Waals surface area contributed by atoms with E-state index in [0.717, 1.165) is 6.42 Å². The Morgan fingerprint density at radius 2 is 1.53 bits per heavy atom. The summed E-state index contributed by atoms with van der Waals surface area (Å²) in [6.45, 7) is 1.21. The summed E-state index contributed by atoms with van der Waals surface area (Å²) < 4.78 is 11.7. The Morgan fingerprint density at radius 1 is 0.884 bits per heavy atom. The van der Waals surface area contributed by atoms with Crippen molar-refractivity contribution >= 4 is 34.1 Å². The molecule has 16 nitrogen and oxygen atoms in total. The predicted octanol–water partition coefficient (Wildman–Crippen LogP) is -2.04. The average Bonchev–Trinajstić information content (AvgIpc) is 3.82. The van der Waals surface area contributed by atoms with Crippen molar-refractivity contribution in [2.45, 2.75) is 73.9 Å². The molecule has 0 bridgehead atoms. The molecule has 0 spiro atoms. The molecule has 9 atom stereocenters. The normalized spacial score (nSPS) is 32.9. The molecule has 7 rings (SSSR count). The van der Waals surface area contributed by atoms with Crippen LogP contribution in [-0.2, 0) is 32.7 Å². The van der Waals surface area contributed by atoms with Gasteiger partial charge in [-0.3, -0.25) is 4.98 Å². The van der Waals surface area contributed by atoms with Crippen LogP contribution in [0.4, 0.5) is 11.8 Å². The summed E-state index contributed by atoms with van der Waals surface area (Å²) in [7, 11) is 3.50. The third-order valence-electron chi connectivity index (χ3n) is 9.12. The van der Waals surface area contributed by atoms with E-state index in [1.807, 2.05) is 4.90 Å². The fourth-order valence-electron chi connectivity index (χ4n) is 6.70. The van der Waals surface area contributed by atoms with Crippen molar-refractivity contribution < 1.29 is 54.5 Å². The number of fused-ring (bicyclic) bond motifs is 2. The summed E-state index contributed by atoms with van der Waals surface area (Å²) in [4.78, 5) is 28.7. The molecule has 7 N–H and O–H groups in total. The number of aliphatic hydroxyl groups excluding tert-OH is 4. The molecular formula is C26H35N12O4Y-. The molecule has 0 unspecified atom stereocenters. The maximum absolute atomic E-state index is 10.7. The van der Waals surface area contributed by atoms with Crippen LogP contribution in [0.3, 0.4) is 0 Å². The van der Waals surface area contributed by atoms with Gasteiger partial charge in [0.25, 0.3) is 0 Å². The molecule has 17 heteroatoms. The zero-order valence-electron chi connectivity index (χ0n) is 24.8. The van der Waals surface area contributed by atoms with E-state index < -0.39 is 36.5 Å². The number of aromatic nitrogens is 8. The van der Waals surface area contributed by atoms with Crippen molar-refractivity contribution in [3.05, 3.63) is 25.2 Å². The molecule has 0 amide bonds. The van der Waals surface area contributed by atoms with Crippen molar-refractivity contribution in [1.82, 2.24) is 49.7 Å². The van der Waals surface area contributed by atoms with Gasteiger partial charge in [-0.25, -0.2) is 15.0 Å². The molecular weight excluding hydrogens is 633 g/mol. The van der Waals surface area contributed by atoms with Gasteiger partial charge in [0.15, 0.2) is 11.5 Å². The number of aliphatic hydroxyl groups is 4. The first-order chi connectivity index (χ1) is 20.8. The van der Waals surface area contributed by atoms with Crippen molar-refractivity contribution in [2.24, 2.45) is 0 Å². The fraction of sp³-hybridized carbons (Fsp3) is 0.615. The van der Waals surface area contributed by atoms with Crippen molar-refractivity contribution in [1.29, 1.82) is 0 Å². The molecule has 3 aliphatic rings. The van der Waals surface area contributed by atoms with Crippen LogP contribution in [0.1, 0.15) is 32.7 Å². The third-order valence-corrected chi connectivity index (χ3v) is 9.12. The number of hydrogen-bond donors (Lipinski definition) is 7. The van der Waals surface area contributed by atoms with E-state index in [1.54, 1.807) is 35.9 Å². The van der Waals surface area contributed by atoms with Crippen LogP contribution in [0, 0.1) is 6.20 Å².